The van der Waals surface area contributed by atoms with Gasteiger partial charge in [0.2, 0.25) is 0 Å². The number of aromatic nitrogens is 2. The Kier molecular flexibility index (Phi) is 6.91. The normalized spacial score (nSPS) is 11.4. The van der Waals surface area contributed by atoms with Crippen molar-refractivity contribution in [3.8, 4) is 0 Å². The van der Waals surface area contributed by atoms with Crippen LogP contribution in [0.2, 0.25) is 0 Å². The zero-order valence-corrected chi connectivity index (χ0v) is 14.6. The number of nitrogens with zero attached hydrogens (tertiary/aromatic N) is 2. The van der Waals surface area contributed by atoms with E-state index in [2.05, 4.69) is 35.9 Å². The second-order valence-corrected chi connectivity index (χ2v) is 6.88. The van der Waals surface area contributed by atoms with Crippen LogP contribution in [-0.2, 0) is 13.0 Å². The van der Waals surface area contributed by atoms with Gasteiger partial charge >= 0.3 is 0 Å². The lowest BCUT2D eigenvalue weighted by molar-refractivity contribution is 0.578. The molecular formula is C17H25ClN2S. The van der Waals surface area contributed by atoms with Gasteiger partial charge in [0.15, 0.2) is 0 Å². The average molecular weight is 325 g/mol. The highest BCUT2D eigenvalue weighted by atomic mass is 35.5. The van der Waals surface area contributed by atoms with Crippen molar-refractivity contribution >= 4 is 34.4 Å². The fraction of sp³-hybridized carbons (Fsp3) is 0.588. The molecule has 0 bridgehead atoms. The third-order valence-electron chi connectivity index (χ3n) is 3.78. The first-order valence-corrected chi connectivity index (χ1v) is 9.69. The van der Waals surface area contributed by atoms with Crippen molar-refractivity contribution in [3.63, 3.8) is 0 Å². The van der Waals surface area contributed by atoms with E-state index in [4.69, 9.17) is 16.6 Å². The van der Waals surface area contributed by atoms with Crippen molar-refractivity contribution in [2.45, 2.75) is 45.6 Å². The zero-order chi connectivity index (χ0) is 15.1. The number of unbranched alkanes of at least 4 members (excludes halogenated alkanes) is 3. The number of hydrogen-bond acceptors (Lipinski definition) is 2. The fourth-order valence-electron chi connectivity index (χ4n) is 2.68. The second kappa shape index (κ2) is 8.70. The summed E-state index contributed by atoms with van der Waals surface area (Å²) in [5.74, 6) is 3.05. The molecule has 0 saturated heterocycles. The van der Waals surface area contributed by atoms with E-state index in [1.165, 1.54) is 42.5 Å². The molecule has 1 heterocycles. The molecule has 0 N–H and O–H groups in total. The third-order valence-corrected chi connectivity index (χ3v) is 4.67. The number of rotatable bonds is 9. The minimum atomic E-state index is 0.635. The topological polar surface area (TPSA) is 17.8 Å². The first kappa shape index (κ1) is 16.7. The molecule has 0 amide bonds. The molecule has 1 aromatic heterocycles. The van der Waals surface area contributed by atoms with E-state index in [0.29, 0.717) is 5.88 Å². The minimum Gasteiger partial charge on any atom is -0.328 e. The van der Waals surface area contributed by atoms with Crippen molar-refractivity contribution in [1.82, 2.24) is 9.55 Å². The van der Waals surface area contributed by atoms with Gasteiger partial charge in [-0.2, -0.15) is 11.8 Å². The number of halogens is 1. The van der Waals surface area contributed by atoms with Crippen LogP contribution in [0.4, 0.5) is 0 Å². The maximum atomic E-state index is 5.93. The molecule has 116 valence electrons. The van der Waals surface area contributed by atoms with E-state index < -0.39 is 0 Å². The van der Waals surface area contributed by atoms with Crippen LogP contribution in [0.3, 0.4) is 0 Å². The summed E-state index contributed by atoms with van der Waals surface area (Å²) in [6.07, 6.45) is 8.21. The van der Waals surface area contributed by atoms with Crippen molar-refractivity contribution in [1.29, 1.82) is 0 Å². The van der Waals surface area contributed by atoms with Crippen LogP contribution in [0.5, 0.6) is 0 Å². The Bertz CT molecular complexity index is 565. The Morgan fingerprint density at radius 3 is 2.76 bits per heavy atom. The lowest BCUT2D eigenvalue weighted by atomic mass is 10.2. The average Bonchev–Trinajstić information content (AvgIpc) is 2.80. The smallest absolute Gasteiger partial charge is 0.111 e. The summed E-state index contributed by atoms with van der Waals surface area (Å²) in [7, 11) is 0. The van der Waals surface area contributed by atoms with Gasteiger partial charge in [-0.15, -0.1) is 11.6 Å². The number of benzene rings is 1. The molecule has 0 aliphatic heterocycles. The van der Waals surface area contributed by atoms with Gasteiger partial charge in [-0.1, -0.05) is 18.9 Å². The van der Waals surface area contributed by atoms with Gasteiger partial charge in [-0.25, -0.2) is 4.98 Å². The van der Waals surface area contributed by atoms with E-state index in [-0.39, 0.29) is 0 Å². The first-order chi connectivity index (χ1) is 10.3. The summed E-state index contributed by atoms with van der Waals surface area (Å²) in [4.78, 5) is 4.75. The summed E-state index contributed by atoms with van der Waals surface area (Å²) < 4.78 is 2.37. The predicted octanol–water partition coefficient (Wildman–Crippen LogP) is 5.05. The fourth-order valence-corrected chi connectivity index (χ4v) is 3.34. The van der Waals surface area contributed by atoms with Crippen molar-refractivity contribution in [2.24, 2.45) is 0 Å². The van der Waals surface area contributed by atoms with E-state index in [9.17, 15) is 0 Å². The molecule has 0 atom stereocenters. The van der Waals surface area contributed by atoms with Crippen molar-refractivity contribution < 1.29 is 0 Å². The maximum absolute atomic E-state index is 5.93. The first-order valence-electron chi connectivity index (χ1n) is 7.77. The summed E-state index contributed by atoms with van der Waals surface area (Å²) >= 11 is 7.87. The molecule has 0 unspecified atom stereocenters. The largest absolute Gasteiger partial charge is 0.328 e. The van der Waals surface area contributed by atoms with Gasteiger partial charge in [0, 0.05) is 18.8 Å². The number of thioether (sulfide) groups is 1. The van der Waals surface area contributed by atoms with Crippen LogP contribution in [0.25, 0.3) is 11.0 Å². The molecule has 2 rings (SSSR count). The van der Waals surface area contributed by atoms with Gasteiger partial charge in [0.1, 0.15) is 5.82 Å². The Balaban J connectivity index is 2.05. The van der Waals surface area contributed by atoms with Crippen LogP contribution < -0.4 is 0 Å². The highest BCUT2D eigenvalue weighted by Crippen LogP contribution is 2.20. The third kappa shape index (κ3) is 4.65. The number of alkyl halides is 1. The highest BCUT2D eigenvalue weighted by Gasteiger charge is 2.10. The van der Waals surface area contributed by atoms with Crippen molar-refractivity contribution in [2.75, 3.05) is 17.9 Å². The molecule has 0 fully saturated rings. The Morgan fingerprint density at radius 1 is 1.19 bits per heavy atom. The van der Waals surface area contributed by atoms with E-state index in [1.54, 1.807) is 0 Å². The Labute approximate surface area is 137 Å². The van der Waals surface area contributed by atoms with E-state index in [0.717, 1.165) is 24.3 Å². The highest BCUT2D eigenvalue weighted by molar-refractivity contribution is 7.98. The number of hydrogen-bond donors (Lipinski definition) is 0. The molecule has 0 radical (unpaired) electrons. The molecule has 0 aliphatic rings. The molecule has 0 aliphatic carbocycles. The van der Waals surface area contributed by atoms with Crippen LogP contribution in [0, 0.1) is 6.92 Å². The van der Waals surface area contributed by atoms with Gasteiger partial charge < -0.3 is 4.57 Å². The van der Waals surface area contributed by atoms with Gasteiger partial charge in [-0.05, 0) is 49.5 Å². The van der Waals surface area contributed by atoms with Crippen LogP contribution >= 0.6 is 23.4 Å². The number of fused-ring (bicyclic) bond motifs is 1. The molecule has 21 heavy (non-hydrogen) atoms. The van der Waals surface area contributed by atoms with Gasteiger partial charge in [0.25, 0.3) is 0 Å². The summed E-state index contributed by atoms with van der Waals surface area (Å²) in [6, 6.07) is 6.50. The maximum Gasteiger partial charge on any atom is 0.111 e. The lowest BCUT2D eigenvalue weighted by Gasteiger charge is -2.09. The zero-order valence-electron chi connectivity index (χ0n) is 13.1. The molecule has 2 aromatic rings. The molecular weight excluding hydrogens is 300 g/mol. The standard InChI is InChI=1S/C17H25ClN2S/c1-14-7-8-15-16(13-14)20(17(19-15)9-10-18)11-5-3-4-6-12-21-2/h7-8,13H,3-6,9-12H2,1-2H3. The van der Waals surface area contributed by atoms with Crippen molar-refractivity contribution in [3.05, 3.63) is 29.6 Å². The van der Waals surface area contributed by atoms with Gasteiger partial charge in [0.05, 0.1) is 11.0 Å². The SMILES string of the molecule is CSCCCCCCn1c(CCCl)nc2ccc(C)cc21. The Morgan fingerprint density at radius 2 is 2.00 bits per heavy atom. The van der Waals surface area contributed by atoms with E-state index in [1.807, 2.05) is 11.8 Å². The molecule has 0 spiro atoms. The summed E-state index contributed by atoms with van der Waals surface area (Å²) in [6.45, 7) is 3.20. The summed E-state index contributed by atoms with van der Waals surface area (Å²) in [5.41, 5.74) is 3.66. The molecule has 0 saturated carbocycles. The van der Waals surface area contributed by atoms with Gasteiger partial charge in [-0.3, -0.25) is 0 Å². The minimum absolute atomic E-state index is 0.635. The number of imidazole rings is 1. The van der Waals surface area contributed by atoms with E-state index >= 15 is 0 Å². The quantitative estimate of drug-likeness (QED) is 0.474. The molecule has 1 aromatic carbocycles. The lowest BCUT2D eigenvalue weighted by Crippen LogP contribution is -2.05. The van der Waals surface area contributed by atoms with Crippen LogP contribution in [0.15, 0.2) is 18.2 Å². The molecule has 4 heteroatoms. The number of aryl methyl sites for hydroxylation is 3. The van der Waals surface area contributed by atoms with Crippen LogP contribution in [-0.4, -0.2) is 27.4 Å². The second-order valence-electron chi connectivity index (χ2n) is 5.52. The molecule has 2 nitrogen and oxygen atoms in total. The Hall–Kier alpha value is -0.670. The summed E-state index contributed by atoms with van der Waals surface area (Å²) in [5, 5.41) is 0. The monoisotopic (exact) mass is 324 g/mol. The van der Waals surface area contributed by atoms with Crippen LogP contribution in [0.1, 0.15) is 37.1 Å². The predicted molar refractivity (Wildman–Crippen MR) is 95.7 cm³/mol.